The van der Waals surface area contributed by atoms with Gasteiger partial charge in [-0.3, -0.25) is 9.59 Å². The van der Waals surface area contributed by atoms with E-state index in [0.29, 0.717) is 12.4 Å². The molecule has 0 aromatic carbocycles. The average Bonchev–Trinajstić information content (AvgIpc) is 2.91. The highest BCUT2D eigenvalue weighted by atomic mass is 32.2. The highest BCUT2D eigenvalue weighted by molar-refractivity contribution is 7.99. The van der Waals surface area contributed by atoms with Gasteiger partial charge in [-0.1, -0.05) is 117 Å². The highest BCUT2D eigenvalue weighted by Crippen LogP contribution is 2.14. The third kappa shape index (κ3) is 25.2. The first kappa shape index (κ1) is 37.5. The van der Waals surface area contributed by atoms with E-state index in [1.807, 2.05) is 0 Å². The first-order valence-corrected chi connectivity index (χ1v) is 16.3. The van der Waals surface area contributed by atoms with Crippen molar-refractivity contribution >= 4 is 29.7 Å². The van der Waals surface area contributed by atoms with Crippen LogP contribution in [0.2, 0.25) is 0 Å². The van der Waals surface area contributed by atoms with Gasteiger partial charge in [0.15, 0.2) is 0 Å². The lowest BCUT2D eigenvalue weighted by atomic mass is 10.0. The van der Waals surface area contributed by atoms with E-state index in [4.69, 9.17) is 14.2 Å². The molecule has 7 nitrogen and oxygen atoms in total. The van der Waals surface area contributed by atoms with E-state index in [-0.39, 0.29) is 36.4 Å². The number of ether oxygens (including phenoxy) is 3. The Kier molecular flexibility index (Phi) is 25.6. The van der Waals surface area contributed by atoms with Crippen molar-refractivity contribution in [3.05, 3.63) is 12.2 Å². The summed E-state index contributed by atoms with van der Waals surface area (Å²) in [5, 5.41) is 9.71. The molecule has 2 unspecified atom stereocenters. The number of unbranched alkanes of at least 4 members (excludes halogenated alkanes) is 15. The summed E-state index contributed by atoms with van der Waals surface area (Å²) in [5.41, 5.74) is 0.230. The first-order chi connectivity index (χ1) is 18.8. The zero-order chi connectivity index (χ0) is 29.1. The predicted molar refractivity (Wildman–Crippen MR) is 160 cm³/mol. The Morgan fingerprint density at radius 2 is 1.21 bits per heavy atom. The van der Waals surface area contributed by atoms with Crippen molar-refractivity contribution < 1.29 is 33.7 Å². The quantitative estimate of drug-likeness (QED) is 0.0478. The molecule has 0 radical (unpaired) electrons. The lowest BCUT2D eigenvalue weighted by Crippen LogP contribution is -2.26. The van der Waals surface area contributed by atoms with Gasteiger partial charge in [-0.2, -0.15) is 0 Å². The molecule has 1 N–H and O–H groups in total. The van der Waals surface area contributed by atoms with Crippen LogP contribution in [0.5, 0.6) is 0 Å². The molecule has 0 bridgehead atoms. The lowest BCUT2D eigenvalue weighted by Gasteiger charge is -2.13. The maximum atomic E-state index is 12.1. The van der Waals surface area contributed by atoms with Crippen LogP contribution in [-0.4, -0.2) is 60.4 Å². The highest BCUT2D eigenvalue weighted by Gasteiger charge is 2.16. The molecule has 0 aliphatic carbocycles. The number of thioether (sulfide) groups is 1. The van der Waals surface area contributed by atoms with Gasteiger partial charge < -0.3 is 19.3 Å². The number of hydrogen-bond acceptors (Lipinski definition) is 8. The van der Waals surface area contributed by atoms with Crippen LogP contribution < -0.4 is 0 Å². The number of carbonyl (C=O) groups is 3. The zero-order valence-corrected chi connectivity index (χ0v) is 25.8. The summed E-state index contributed by atoms with van der Waals surface area (Å²) in [6.07, 6.45) is 19.8. The maximum Gasteiger partial charge on any atom is 0.333 e. The van der Waals surface area contributed by atoms with Gasteiger partial charge >= 0.3 is 17.9 Å². The monoisotopic (exact) mass is 572 g/mol. The third-order valence-corrected chi connectivity index (χ3v) is 7.60. The Morgan fingerprint density at radius 3 is 1.69 bits per heavy atom. The molecule has 0 spiro atoms. The molecule has 0 saturated carbocycles. The molecule has 0 aromatic heterocycles. The summed E-state index contributed by atoms with van der Waals surface area (Å²) < 4.78 is 15.1. The minimum Gasteiger partial charge on any atom is -0.465 e. The molecule has 0 rings (SSSR count). The van der Waals surface area contributed by atoms with Gasteiger partial charge in [0.25, 0.3) is 0 Å². The number of carbonyl (C=O) groups excluding carboxylic acids is 3. The van der Waals surface area contributed by atoms with Crippen molar-refractivity contribution in [3.63, 3.8) is 0 Å². The fraction of sp³-hybridized carbons (Fsp3) is 0.839. The van der Waals surface area contributed by atoms with Crippen LogP contribution in [0, 0.1) is 5.92 Å². The number of rotatable bonds is 27. The Morgan fingerprint density at radius 1 is 0.744 bits per heavy atom. The Labute approximate surface area is 242 Å². The van der Waals surface area contributed by atoms with Crippen LogP contribution in [0.3, 0.4) is 0 Å². The summed E-state index contributed by atoms with van der Waals surface area (Å²) in [4.78, 5) is 35.2. The number of aliphatic hydroxyl groups excluding tert-OH is 1. The van der Waals surface area contributed by atoms with Crippen molar-refractivity contribution in [2.24, 2.45) is 5.92 Å². The minimum atomic E-state index is -1.10. The molecule has 0 saturated heterocycles. The first-order valence-electron chi connectivity index (χ1n) is 15.2. The lowest BCUT2D eigenvalue weighted by molar-refractivity contribution is -0.149. The summed E-state index contributed by atoms with van der Waals surface area (Å²) in [6.45, 7) is 8.91. The van der Waals surface area contributed by atoms with Crippen LogP contribution in [-0.2, 0) is 28.6 Å². The smallest absolute Gasteiger partial charge is 0.333 e. The van der Waals surface area contributed by atoms with Crippen molar-refractivity contribution in [2.75, 3.05) is 31.3 Å². The molecule has 0 aromatic rings. The zero-order valence-electron chi connectivity index (χ0n) is 25.0. The molecular formula is C31H56O7S. The molecule has 0 aliphatic heterocycles. The molecule has 0 amide bonds. The molecule has 0 heterocycles. The SMILES string of the molecule is C=C(C)C(=O)OCC(O)COC(=O)CSCC(C)C(=O)OCCCCCCCCCCCCCCCCCC. The molecule has 2 atom stereocenters. The van der Waals surface area contributed by atoms with Crippen LogP contribution in [0.25, 0.3) is 0 Å². The second-order valence-electron chi connectivity index (χ2n) is 10.6. The van der Waals surface area contributed by atoms with Gasteiger partial charge in [0.05, 0.1) is 18.3 Å². The largest absolute Gasteiger partial charge is 0.465 e. The van der Waals surface area contributed by atoms with Gasteiger partial charge in [-0.25, -0.2) is 4.79 Å². The molecule has 228 valence electrons. The number of esters is 3. The van der Waals surface area contributed by atoms with Gasteiger partial charge in [-0.15, -0.1) is 11.8 Å². The second kappa shape index (κ2) is 26.7. The number of hydrogen-bond donors (Lipinski definition) is 1. The van der Waals surface area contributed by atoms with E-state index in [1.165, 1.54) is 109 Å². The average molecular weight is 573 g/mol. The van der Waals surface area contributed by atoms with Gasteiger partial charge in [-0.05, 0) is 13.3 Å². The van der Waals surface area contributed by atoms with Crippen molar-refractivity contribution in [1.29, 1.82) is 0 Å². The van der Waals surface area contributed by atoms with Crippen molar-refractivity contribution in [3.8, 4) is 0 Å². The van der Waals surface area contributed by atoms with E-state index in [0.717, 1.165) is 12.8 Å². The summed E-state index contributed by atoms with van der Waals surface area (Å²) >= 11 is 1.28. The molecule has 0 fully saturated rings. The topological polar surface area (TPSA) is 99.1 Å². The summed E-state index contributed by atoms with van der Waals surface area (Å²) in [6, 6.07) is 0. The predicted octanol–water partition coefficient (Wildman–Crippen LogP) is 7.18. The maximum absolute atomic E-state index is 12.1. The molecule has 8 heteroatoms. The van der Waals surface area contributed by atoms with E-state index in [1.54, 1.807) is 6.92 Å². The van der Waals surface area contributed by atoms with Gasteiger partial charge in [0, 0.05) is 11.3 Å². The second-order valence-corrected chi connectivity index (χ2v) is 11.6. The fourth-order valence-corrected chi connectivity index (χ4v) is 4.78. The minimum absolute atomic E-state index is 0.0645. The van der Waals surface area contributed by atoms with Crippen LogP contribution in [0.15, 0.2) is 12.2 Å². The molecule has 39 heavy (non-hydrogen) atoms. The van der Waals surface area contributed by atoms with Crippen LogP contribution in [0.1, 0.15) is 124 Å². The fourth-order valence-electron chi connectivity index (χ4n) is 3.93. The third-order valence-electron chi connectivity index (χ3n) is 6.42. The standard InChI is InChI=1S/C31H56O7S/c1-5-6-7-8-9-10-11-12-13-14-15-16-17-18-19-20-21-36-31(35)27(4)24-39-25-29(33)37-22-28(32)23-38-30(34)26(2)3/h27-28,32H,2,5-25H2,1,3-4H3. The van der Waals surface area contributed by atoms with Crippen molar-refractivity contribution in [2.45, 2.75) is 130 Å². The Balaban J connectivity index is 3.52. The van der Waals surface area contributed by atoms with Gasteiger partial charge in [0.2, 0.25) is 0 Å². The van der Waals surface area contributed by atoms with E-state index in [9.17, 15) is 19.5 Å². The van der Waals surface area contributed by atoms with Crippen LogP contribution >= 0.6 is 11.8 Å². The summed E-state index contributed by atoms with van der Waals surface area (Å²) in [7, 11) is 0. The Hall–Kier alpha value is -1.54. The van der Waals surface area contributed by atoms with E-state index in [2.05, 4.69) is 13.5 Å². The van der Waals surface area contributed by atoms with Crippen molar-refractivity contribution in [1.82, 2.24) is 0 Å². The molecule has 0 aliphatic rings. The van der Waals surface area contributed by atoms with E-state index < -0.39 is 18.0 Å². The molecular weight excluding hydrogens is 516 g/mol. The summed E-state index contributed by atoms with van der Waals surface area (Å²) in [5.74, 6) is -1.14. The van der Waals surface area contributed by atoms with Crippen LogP contribution in [0.4, 0.5) is 0 Å². The van der Waals surface area contributed by atoms with E-state index >= 15 is 0 Å². The normalized spacial score (nSPS) is 12.5. The Bertz CT molecular complexity index is 653. The van der Waals surface area contributed by atoms with Gasteiger partial charge in [0.1, 0.15) is 19.3 Å². The number of aliphatic hydroxyl groups is 1.